The molecule has 4 N–H and O–H groups in total. The Hall–Kier alpha value is -4.13. The summed E-state index contributed by atoms with van der Waals surface area (Å²) >= 11 is 1.10. The summed E-state index contributed by atoms with van der Waals surface area (Å²) in [5.74, 6) is -4.92. The molecule has 3 aromatic carbocycles. The van der Waals surface area contributed by atoms with Crippen molar-refractivity contribution in [3.05, 3.63) is 113 Å². The van der Waals surface area contributed by atoms with E-state index in [9.17, 15) is 27.1 Å². The van der Waals surface area contributed by atoms with E-state index in [0.29, 0.717) is 11.6 Å². The van der Waals surface area contributed by atoms with E-state index >= 15 is 0 Å². The van der Waals surface area contributed by atoms with Crippen molar-refractivity contribution in [3.8, 4) is 11.1 Å². The second-order valence-electron chi connectivity index (χ2n) is 10.5. The van der Waals surface area contributed by atoms with Crippen LogP contribution in [0.15, 0.2) is 101 Å². The molecule has 12 heteroatoms. The zero-order chi connectivity index (χ0) is 29.7. The standard InChI is InChI=1S/C30H26F2N4O4S2/c31-30(32)16-24(30)15-29(22-8-4-7-21(14-22)20-5-2-1-3-6-20)23(13-19-9-11-25(12-10-19)42(33,39)40)17-34-36(29)28-35-26(18-41-28)27(37)38/h1-12,14,17-18,24,34H,13,15-16H2,(H,37,38)(H2,33,39,40). The molecule has 8 nitrogen and oxygen atoms in total. The van der Waals surface area contributed by atoms with Crippen molar-refractivity contribution >= 4 is 32.5 Å². The zero-order valence-electron chi connectivity index (χ0n) is 22.1. The third kappa shape index (κ3) is 5.17. The Balaban J connectivity index is 1.50. The minimum absolute atomic E-state index is 0.0326. The van der Waals surface area contributed by atoms with E-state index in [-0.39, 0.29) is 23.4 Å². The van der Waals surface area contributed by atoms with Gasteiger partial charge in [-0.3, -0.25) is 0 Å². The summed E-state index contributed by atoms with van der Waals surface area (Å²) in [5, 5.41) is 18.2. The SMILES string of the molecule is NS(=O)(=O)c1ccc(CC2=CNN(c3nc(C(=O)O)cs3)C2(CC2CC2(F)F)c2cccc(-c3ccccc3)c2)cc1. The number of nitrogens with two attached hydrogens (primary N) is 1. The minimum Gasteiger partial charge on any atom is -0.476 e. The number of aromatic carboxylic acids is 1. The third-order valence-corrected chi connectivity index (χ3v) is 9.53. The van der Waals surface area contributed by atoms with Crippen LogP contribution in [-0.4, -0.2) is 30.4 Å². The van der Waals surface area contributed by atoms with Gasteiger partial charge in [-0.25, -0.2) is 37.1 Å². The normalized spacial score (nSPS) is 21.1. The number of sulfonamides is 1. The lowest BCUT2D eigenvalue weighted by atomic mass is 9.76. The van der Waals surface area contributed by atoms with Crippen molar-refractivity contribution in [1.29, 1.82) is 0 Å². The molecule has 0 amide bonds. The number of hydrogen-bond donors (Lipinski definition) is 3. The Morgan fingerprint density at radius 1 is 1.07 bits per heavy atom. The molecule has 1 aromatic heterocycles. The first-order valence-corrected chi connectivity index (χ1v) is 15.5. The number of nitrogens with one attached hydrogen (secondary N) is 1. The maximum Gasteiger partial charge on any atom is 0.355 e. The van der Waals surface area contributed by atoms with Crippen LogP contribution in [0.3, 0.4) is 0 Å². The van der Waals surface area contributed by atoms with Crippen molar-refractivity contribution in [2.45, 2.75) is 35.6 Å². The Morgan fingerprint density at radius 3 is 2.38 bits per heavy atom. The van der Waals surface area contributed by atoms with Crippen molar-refractivity contribution in [1.82, 2.24) is 10.4 Å². The predicted molar refractivity (Wildman–Crippen MR) is 156 cm³/mol. The summed E-state index contributed by atoms with van der Waals surface area (Å²) in [6.45, 7) is 0. The summed E-state index contributed by atoms with van der Waals surface area (Å²) in [6.07, 6.45) is 1.81. The van der Waals surface area contributed by atoms with Crippen molar-refractivity contribution < 1.29 is 27.1 Å². The monoisotopic (exact) mass is 608 g/mol. The molecular formula is C30H26F2N4O4S2. The van der Waals surface area contributed by atoms with E-state index in [0.717, 1.165) is 39.2 Å². The van der Waals surface area contributed by atoms with Crippen LogP contribution in [0, 0.1) is 5.92 Å². The fourth-order valence-electron chi connectivity index (χ4n) is 5.50. The number of primary sulfonamides is 1. The lowest BCUT2D eigenvalue weighted by Gasteiger charge is -2.41. The number of aromatic nitrogens is 1. The van der Waals surface area contributed by atoms with Gasteiger partial charge in [0.2, 0.25) is 15.2 Å². The summed E-state index contributed by atoms with van der Waals surface area (Å²) in [4.78, 5) is 16.0. The minimum atomic E-state index is -3.89. The Morgan fingerprint density at radius 2 is 1.76 bits per heavy atom. The van der Waals surface area contributed by atoms with E-state index in [1.807, 2.05) is 54.6 Å². The fourth-order valence-corrected chi connectivity index (χ4v) is 6.85. The molecule has 1 aliphatic carbocycles. The van der Waals surface area contributed by atoms with Crippen LogP contribution in [-0.2, 0) is 22.0 Å². The summed E-state index contributed by atoms with van der Waals surface area (Å²) in [7, 11) is -3.89. The molecule has 0 radical (unpaired) electrons. The highest BCUT2D eigenvalue weighted by molar-refractivity contribution is 7.89. The number of carboxylic acids is 1. The van der Waals surface area contributed by atoms with Crippen molar-refractivity contribution in [3.63, 3.8) is 0 Å². The maximum atomic E-state index is 14.6. The molecule has 2 atom stereocenters. The van der Waals surface area contributed by atoms with Gasteiger partial charge in [0.25, 0.3) is 5.92 Å². The highest BCUT2D eigenvalue weighted by atomic mass is 32.2. The fraction of sp³-hybridized carbons (Fsp3) is 0.200. The van der Waals surface area contributed by atoms with Crippen LogP contribution in [0.4, 0.5) is 13.9 Å². The lowest BCUT2D eigenvalue weighted by molar-refractivity contribution is 0.0691. The molecule has 2 heterocycles. The van der Waals surface area contributed by atoms with E-state index in [1.54, 1.807) is 23.3 Å². The molecule has 2 unspecified atom stereocenters. The number of alkyl halides is 2. The van der Waals surface area contributed by atoms with Gasteiger partial charge in [-0.15, -0.1) is 11.3 Å². The second kappa shape index (κ2) is 10.3. The molecule has 42 heavy (non-hydrogen) atoms. The molecule has 0 bridgehead atoms. The maximum absolute atomic E-state index is 14.6. The van der Waals surface area contributed by atoms with Gasteiger partial charge in [-0.1, -0.05) is 60.7 Å². The largest absolute Gasteiger partial charge is 0.476 e. The highest BCUT2D eigenvalue weighted by Crippen LogP contribution is 2.58. The predicted octanol–water partition coefficient (Wildman–Crippen LogP) is 5.55. The third-order valence-electron chi connectivity index (χ3n) is 7.77. The van der Waals surface area contributed by atoms with E-state index in [1.165, 1.54) is 17.5 Å². The molecule has 1 fully saturated rings. The van der Waals surface area contributed by atoms with Crippen molar-refractivity contribution in [2.24, 2.45) is 11.1 Å². The van der Waals surface area contributed by atoms with Crippen LogP contribution in [0.5, 0.6) is 0 Å². The molecule has 1 saturated carbocycles. The molecule has 1 aliphatic heterocycles. The number of thiazole rings is 1. The number of nitrogens with zero attached hydrogens (tertiary/aromatic N) is 2. The highest BCUT2D eigenvalue weighted by Gasteiger charge is 2.62. The van der Waals surface area contributed by atoms with Crippen LogP contribution >= 0.6 is 11.3 Å². The molecule has 0 saturated heterocycles. The van der Waals surface area contributed by atoms with Crippen LogP contribution in [0.1, 0.15) is 34.5 Å². The first-order valence-electron chi connectivity index (χ1n) is 13.1. The molecule has 216 valence electrons. The van der Waals surface area contributed by atoms with Gasteiger partial charge >= 0.3 is 5.97 Å². The number of anilines is 1. The second-order valence-corrected chi connectivity index (χ2v) is 12.9. The first kappa shape index (κ1) is 28.0. The van der Waals surface area contributed by atoms with Gasteiger partial charge in [-0.2, -0.15) is 0 Å². The van der Waals surface area contributed by atoms with E-state index < -0.39 is 33.4 Å². The number of rotatable bonds is 9. The zero-order valence-corrected chi connectivity index (χ0v) is 23.7. The first-order chi connectivity index (χ1) is 20.0. The summed E-state index contributed by atoms with van der Waals surface area (Å²) < 4.78 is 52.8. The average Bonchev–Trinajstić information content (AvgIpc) is 3.28. The Bertz CT molecular complexity index is 1790. The van der Waals surface area contributed by atoms with Crippen molar-refractivity contribution in [2.75, 3.05) is 5.01 Å². The lowest BCUT2D eigenvalue weighted by Crippen LogP contribution is -2.49. The topological polar surface area (TPSA) is 126 Å². The Labute approximate surface area is 245 Å². The number of carbonyl (C=O) groups is 1. The van der Waals surface area contributed by atoms with Gasteiger partial charge in [0, 0.05) is 23.9 Å². The van der Waals surface area contributed by atoms with Gasteiger partial charge in [0.15, 0.2) is 5.69 Å². The van der Waals surface area contributed by atoms with E-state index in [2.05, 4.69) is 10.4 Å². The van der Waals surface area contributed by atoms with Gasteiger partial charge < -0.3 is 10.5 Å². The Kier molecular flexibility index (Phi) is 6.87. The van der Waals surface area contributed by atoms with Gasteiger partial charge in [0.05, 0.1) is 4.90 Å². The molecule has 0 spiro atoms. The molecule has 4 aromatic rings. The average molecular weight is 609 g/mol. The molecule has 2 aliphatic rings. The number of benzene rings is 3. The quantitative estimate of drug-likeness (QED) is 0.228. The summed E-state index contributed by atoms with van der Waals surface area (Å²) in [5.41, 5.74) is 5.96. The smallest absolute Gasteiger partial charge is 0.355 e. The van der Waals surface area contributed by atoms with Gasteiger partial charge in [-0.05, 0) is 58.9 Å². The number of carboxylic acid groups (broad SMARTS) is 1. The summed E-state index contributed by atoms with van der Waals surface area (Å²) in [6, 6.07) is 23.5. The number of hydrazine groups is 1. The van der Waals surface area contributed by atoms with Crippen LogP contribution < -0.4 is 15.6 Å². The molecular weight excluding hydrogens is 582 g/mol. The van der Waals surface area contributed by atoms with Crippen LogP contribution in [0.2, 0.25) is 0 Å². The molecule has 6 rings (SSSR count). The van der Waals surface area contributed by atoms with E-state index in [4.69, 9.17) is 5.14 Å². The number of halogens is 2. The van der Waals surface area contributed by atoms with Crippen LogP contribution in [0.25, 0.3) is 11.1 Å². The van der Waals surface area contributed by atoms with Gasteiger partial charge in [0.1, 0.15) is 5.54 Å². The number of hydrogen-bond acceptors (Lipinski definition) is 7.